The van der Waals surface area contributed by atoms with Crippen molar-refractivity contribution in [3.63, 3.8) is 0 Å². The van der Waals surface area contributed by atoms with Crippen LogP contribution in [0.4, 0.5) is 17.1 Å². The van der Waals surface area contributed by atoms with Gasteiger partial charge in [0.15, 0.2) is 0 Å². The lowest BCUT2D eigenvalue weighted by Crippen LogP contribution is -2.47. The molecule has 37 heavy (non-hydrogen) atoms. The minimum atomic E-state index is -0.106. The largest absolute Gasteiger partial charge is 0.495 e. The Kier molecular flexibility index (Phi) is 10.7. The molecule has 0 spiro atoms. The van der Waals surface area contributed by atoms with Gasteiger partial charge in [-0.1, -0.05) is 45.7 Å². The van der Waals surface area contributed by atoms with Gasteiger partial charge in [-0.25, -0.2) is 0 Å². The van der Waals surface area contributed by atoms with Crippen molar-refractivity contribution in [3.8, 4) is 5.75 Å². The van der Waals surface area contributed by atoms with Gasteiger partial charge < -0.3 is 25.2 Å². The van der Waals surface area contributed by atoms with Crippen LogP contribution >= 0.6 is 0 Å². The Morgan fingerprint density at radius 3 is 2.24 bits per heavy atom. The number of carbonyl (C=O) groups is 2. The Bertz CT molecular complexity index is 1030. The summed E-state index contributed by atoms with van der Waals surface area (Å²) in [4.78, 5) is 30.9. The topological polar surface area (TPSA) is 73.9 Å². The highest BCUT2D eigenvalue weighted by atomic mass is 16.5. The molecule has 202 valence electrons. The number of nitrogens with zero attached hydrogens (tertiary/aromatic N) is 2. The predicted molar refractivity (Wildman–Crippen MR) is 153 cm³/mol. The summed E-state index contributed by atoms with van der Waals surface area (Å²) < 4.78 is 5.56. The Hall–Kier alpha value is -3.22. The van der Waals surface area contributed by atoms with Crippen LogP contribution in [0.15, 0.2) is 42.5 Å². The van der Waals surface area contributed by atoms with Crippen LogP contribution in [-0.2, 0) is 4.79 Å². The quantitative estimate of drug-likeness (QED) is 0.384. The van der Waals surface area contributed by atoms with Crippen molar-refractivity contribution in [1.82, 2.24) is 5.32 Å². The van der Waals surface area contributed by atoms with Crippen molar-refractivity contribution in [1.29, 1.82) is 0 Å². The first-order valence-electron chi connectivity index (χ1n) is 13.8. The molecule has 0 bridgehead atoms. The van der Waals surface area contributed by atoms with Crippen LogP contribution in [0, 0.1) is 5.92 Å². The van der Waals surface area contributed by atoms with Crippen LogP contribution in [-0.4, -0.2) is 51.1 Å². The number of amides is 2. The number of ether oxygens (including phenoxy) is 1. The molecule has 2 amide bonds. The molecular weight excluding hydrogens is 464 g/mol. The van der Waals surface area contributed by atoms with E-state index in [-0.39, 0.29) is 23.8 Å². The lowest BCUT2D eigenvalue weighted by atomic mass is 9.98. The molecule has 2 N–H and O–H groups in total. The highest BCUT2D eigenvalue weighted by molar-refractivity contribution is 6.02. The molecule has 1 fully saturated rings. The van der Waals surface area contributed by atoms with E-state index in [9.17, 15) is 9.59 Å². The Balaban J connectivity index is 1.80. The number of piperazine rings is 1. The molecule has 1 saturated heterocycles. The molecule has 0 aliphatic carbocycles. The highest BCUT2D eigenvalue weighted by Gasteiger charge is 2.25. The zero-order valence-corrected chi connectivity index (χ0v) is 23.2. The molecule has 7 heteroatoms. The smallest absolute Gasteiger partial charge is 0.253 e. The summed E-state index contributed by atoms with van der Waals surface area (Å²) in [5.74, 6) is 0.780. The van der Waals surface area contributed by atoms with Gasteiger partial charge in [-0.3, -0.25) is 9.59 Å². The van der Waals surface area contributed by atoms with Crippen molar-refractivity contribution >= 4 is 28.9 Å². The normalized spacial score (nSPS) is 15.2. The second kappa shape index (κ2) is 13.9. The second-order valence-electron chi connectivity index (χ2n) is 9.90. The summed E-state index contributed by atoms with van der Waals surface area (Å²) in [6.45, 7) is 11.5. The van der Waals surface area contributed by atoms with Crippen molar-refractivity contribution in [2.45, 2.75) is 65.8 Å². The zero-order valence-electron chi connectivity index (χ0n) is 23.2. The number of para-hydroxylation sites is 2. The van der Waals surface area contributed by atoms with Gasteiger partial charge >= 0.3 is 0 Å². The average molecular weight is 509 g/mol. The average Bonchev–Trinajstić information content (AvgIpc) is 2.93. The van der Waals surface area contributed by atoms with Gasteiger partial charge in [0.1, 0.15) is 5.75 Å². The number of hydrogen-bond donors (Lipinski definition) is 2. The fourth-order valence-corrected chi connectivity index (χ4v) is 4.77. The monoisotopic (exact) mass is 508 g/mol. The van der Waals surface area contributed by atoms with Crippen LogP contribution in [0.5, 0.6) is 5.75 Å². The van der Waals surface area contributed by atoms with Crippen molar-refractivity contribution in [3.05, 3.63) is 48.0 Å². The zero-order chi connectivity index (χ0) is 26.8. The third-order valence-corrected chi connectivity index (χ3v) is 7.31. The van der Waals surface area contributed by atoms with Gasteiger partial charge in [0.25, 0.3) is 5.91 Å². The summed E-state index contributed by atoms with van der Waals surface area (Å²) in [7, 11) is 1.70. The van der Waals surface area contributed by atoms with Crippen LogP contribution in [0.1, 0.15) is 70.2 Å². The van der Waals surface area contributed by atoms with E-state index in [0.717, 1.165) is 75.4 Å². The summed E-state index contributed by atoms with van der Waals surface area (Å²) in [5, 5.41) is 6.19. The Morgan fingerprint density at radius 2 is 1.62 bits per heavy atom. The van der Waals surface area contributed by atoms with Gasteiger partial charge in [0, 0.05) is 49.5 Å². The number of benzene rings is 2. The summed E-state index contributed by atoms with van der Waals surface area (Å²) in [5.41, 5.74) is 3.26. The maximum atomic E-state index is 13.3. The highest BCUT2D eigenvalue weighted by Crippen LogP contribution is 2.31. The minimum absolute atomic E-state index is 0.0138. The lowest BCUT2D eigenvalue weighted by Gasteiger charge is -2.38. The van der Waals surface area contributed by atoms with Crippen LogP contribution in [0.25, 0.3) is 0 Å². The van der Waals surface area contributed by atoms with Crippen LogP contribution < -0.4 is 25.2 Å². The van der Waals surface area contributed by atoms with Crippen molar-refractivity contribution in [2.24, 2.45) is 5.92 Å². The summed E-state index contributed by atoms with van der Waals surface area (Å²) in [6.07, 6.45) is 4.65. The van der Waals surface area contributed by atoms with E-state index < -0.39 is 0 Å². The molecule has 2 unspecified atom stereocenters. The maximum Gasteiger partial charge on any atom is 0.253 e. The first kappa shape index (κ1) is 28.4. The third-order valence-electron chi connectivity index (χ3n) is 7.31. The lowest BCUT2D eigenvalue weighted by molar-refractivity contribution is -0.120. The number of rotatable bonds is 12. The van der Waals surface area contributed by atoms with E-state index in [1.54, 1.807) is 7.11 Å². The summed E-state index contributed by atoms with van der Waals surface area (Å²) >= 11 is 0. The Labute approximate surface area is 222 Å². The number of hydrogen-bond acceptors (Lipinski definition) is 5. The minimum Gasteiger partial charge on any atom is -0.495 e. The molecule has 3 rings (SSSR count). The molecular formula is C30H44N4O3. The number of nitrogens with one attached hydrogen (secondary N) is 2. The molecule has 2 aromatic carbocycles. The van der Waals surface area contributed by atoms with E-state index in [1.807, 2.05) is 43.3 Å². The number of methoxy groups -OCH3 is 1. The molecule has 2 aromatic rings. The molecule has 1 heterocycles. The number of unbranched alkanes of at least 4 members (excludes halogenated alkanes) is 1. The van der Waals surface area contributed by atoms with Gasteiger partial charge in [0.2, 0.25) is 5.91 Å². The van der Waals surface area contributed by atoms with E-state index >= 15 is 0 Å². The first-order valence-corrected chi connectivity index (χ1v) is 13.8. The molecule has 1 aliphatic rings. The van der Waals surface area contributed by atoms with Crippen molar-refractivity contribution < 1.29 is 14.3 Å². The fourth-order valence-electron chi connectivity index (χ4n) is 4.77. The molecule has 2 atom stereocenters. The molecule has 7 nitrogen and oxygen atoms in total. The molecule has 0 aromatic heterocycles. The van der Waals surface area contributed by atoms with Crippen molar-refractivity contribution in [2.75, 3.05) is 48.4 Å². The number of carbonyl (C=O) groups excluding carboxylic acids is 2. The molecule has 0 radical (unpaired) electrons. The first-order chi connectivity index (χ1) is 17.9. The standard InChI is InChI=1S/C30H44N4O3/c1-6-9-12-23(8-3)29(35)32-24-15-16-26(25(21-24)30(36)31-22(4)7-2)33-17-19-34(20-18-33)27-13-10-11-14-28(27)37-5/h10-11,13-16,21-23H,6-9,12,17-20H2,1-5H3,(H,31,36)(H,32,35). The maximum absolute atomic E-state index is 13.3. The molecule has 1 aliphatic heterocycles. The van der Waals surface area contributed by atoms with E-state index in [0.29, 0.717) is 11.3 Å². The van der Waals surface area contributed by atoms with E-state index in [4.69, 9.17) is 4.74 Å². The van der Waals surface area contributed by atoms with Gasteiger partial charge in [-0.05, 0) is 56.5 Å². The van der Waals surface area contributed by atoms with Crippen LogP contribution in [0.2, 0.25) is 0 Å². The van der Waals surface area contributed by atoms with Gasteiger partial charge in [-0.2, -0.15) is 0 Å². The summed E-state index contributed by atoms with van der Waals surface area (Å²) in [6, 6.07) is 13.9. The number of anilines is 3. The Morgan fingerprint density at radius 1 is 0.946 bits per heavy atom. The predicted octanol–water partition coefficient (Wildman–Crippen LogP) is 5.71. The van der Waals surface area contributed by atoms with Crippen LogP contribution in [0.3, 0.4) is 0 Å². The third kappa shape index (κ3) is 7.40. The van der Waals surface area contributed by atoms with Gasteiger partial charge in [-0.15, -0.1) is 0 Å². The fraction of sp³-hybridized carbons (Fsp3) is 0.533. The molecule has 0 saturated carbocycles. The van der Waals surface area contributed by atoms with E-state index in [2.05, 4.69) is 47.3 Å². The SMILES string of the molecule is CCCCC(CC)C(=O)Nc1ccc(N2CCN(c3ccccc3OC)CC2)c(C(=O)NC(C)CC)c1. The van der Waals surface area contributed by atoms with E-state index in [1.165, 1.54) is 0 Å². The second-order valence-corrected chi connectivity index (χ2v) is 9.90. The van der Waals surface area contributed by atoms with Gasteiger partial charge in [0.05, 0.1) is 18.4 Å².